The quantitative estimate of drug-likeness (QED) is 0.510. The van der Waals surface area contributed by atoms with Crippen LogP contribution in [0.25, 0.3) is 0 Å². The molecule has 0 aliphatic carbocycles. The van der Waals surface area contributed by atoms with Gasteiger partial charge in [-0.3, -0.25) is 0 Å². The molecule has 3 nitrogen and oxygen atoms in total. The summed E-state index contributed by atoms with van der Waals surface area (Å²) in [7, 11) is -3.84. The molecule has 0 aromatic carbocycles. The second kappa shape index (κ2) is 7.43. The molecule has 0 aliphatic heterocycles. The molecule has 0 aromatic rings. The number of sulfonamides is 1. The summed E-state index contributed by atoms with van der Waals surface area (Å²) >= 11 is 5.39. The van der Waals surface area contributed by atoms with Gasteiger partial charge in [-0.15, -0.1) is 11.6 Å². The number of alkyl halides is 4. The van der Waals surface area contributed by atoms with Gasteiger partial charge in [0.2, 0.25) is 10.0 Å². The van der Waals surface area contributed by atoms with Crippen molar-refractivity contribution in [2.45, 2.75) is 32.4 Å². The first-order chi connectivity index (χ1) is 7.73. The fraction of sp³-hybridized carbons (Fsp3) is 1.00. The average Bonchev–Trinajstić information content (AvgIpc) is 2.15. The van der Waals surface area contributed by atoms with E-state index in [1.165, 1.54) is 0 Å². The predicted molar refractivity (Wildman–Crippen MR) is 61.7 cm³/mol. The van der Waals surface area contributed by atoms with E-state index in [2.05, 4.69) is 0 Å². The third-order valence-corrected chi connectivity index (χ3v) is 4.18. The minimum absolute atomic E-state index is 0.108. The molecule has 0 aliphatic rings. The van der Waals surface area contributed by atoms with Crippen molar-refractivity contribution in [1.82, 2.24) is 4.31 Å². The molecule has 0 radical (unpaired) electrons. The Morgan fingerprint density at radius 2 is 1.82 bits per heavy atom. The Kier molecular flexibility index (Phi) is 7.43. The number of rotatable bonds is 8. The lowest BCUT2D eigenvalue weighted by molar-refractivity contribution is -0.136. The molecule has 0 spiro atoms. The van der Waals surface area contributed by atoms with Gasteiger partial charge in [-0.25, -0.2) is 8.42 Å². The maximum absolute atomic E-state index is 12.2. The largest absolute Gasteiger partial charge is 0.402 e. The van der Waals surface area contributed by atoms with Crippen LogP contribution in [0.2, 0.25) is 0 Å². The van der Waals surface area contributed by atoms with Gasteiger partial charge in [0.25, 0.3) is 0 Å². The molecule has 17 heavy (non-hydrogen) atoms. The number of hydrogen-bond donors (Lipinski definition) is 0. The monoisotopic (exact) mass is 295 g/mol. The highest BCUT2D eigenvalue weighted by molar-refractivity contribution is 7.89. The molecule has 0 atom stereocenters. The minimum atomic E-state index is -4.51. The highest BCUT2D eigenvalue weighted by Crippen LogP contribution is 2.19. The van der Waals surface area contributed by atoms with E-state index in [-0.39, 0.29) is 18.7 Å². The molecule has 8 heteroatoms. The van der Waals surface area contributed by atoms with E-state index in [1.807, 2.05) is 0 Å². The summed E-state index contributed by atoms with van der Waals surface area (Å²) in [5.41, 5.74) is 0. The number of halogens is 4. The maximum atomic E-state index is 12.2. The van der Waals surface area contributed by atoms with E-state index in [4.69, 9.17) is 11.6 Å². The van der Waals surface area contributed by atoms with Crippen LogP contribution in [0.3, 0.4) is 0 Å². The number of hydrogen-bond acceptors (Lipinski definition) is 2. The second-order valence-electron chi connectivity index (χ2n) is 3.66. The highest BCUT2D eigenvalue weighted by Gasteiger charge is 2.35. The average molecular weight is 296 g/mol. The standard InChI is InChI=1S/C9H17ClF3NO2S/c1-2-6-14(8-9(11,12)13)17(15,16)7-4-3-5-10/h2-8H2,1H3. The molecule has 0 fully saturated rings. The van der Waals surface area contributed by atoms with Crippen LogP contribution in [0.4, 0.5) is 13.2 Å². The third-order valence-electron chi connectivity index (χ3n) is 2.01. The van der Waals surface area contributed by atoms with E-state index in [1.54, 1.807) is 6.92 Å². The second-order valence-corrected chi connectivity index (χ2v) is 6.13. The lowest BCUT2D eigenvalue weighted by atomic mass is 10.4. The van der Waals surface area contributed by atoms with Crippen molar-refractivity contribution in [2.75, 3.05) is 24.7 Å². The number of unbranched alkanes of at least 4 members (excludes halogenated alkanes) is 1. The molecule has 0 unspecified atom stereocenters. The van der Waals surface area contributed by atoms with Crippen molar-refractivity contribution >= 4 is 21.6 Å². The first-order valence-electron chi connectivity index (χ1n) is 5.33. The zero-order valence-electron chi connectivity index (χ0n) is 9.63. The fourth-order valence-electron chi connectivity index (χ4n) is 1.27. The Bertz CT molecular complexity index is 306. The first kappa shape index (κ1) is 17.0. The Labute approximate surface area is 105 Å². The molecule has 0 heterocycles. The van der Waals surface area contributed by atoms with Crippen LogP contribution in [0.1, 0.15) is 26.2 Å². The fourth-order valence-corrected chi connectivity index (χ4v) is 3.09. The SMILES string of the molecule is CCCN(CC(F)(F)F)S(=O)(=O)CCCCCl. The summed E-state index contributed by atoms with van der Waals surface area (Å²) in [6.07, 6.45) is -3.39. The molecular weight excluding hydrogens is 279 g/mol. The normalized spacial score (nSPS) is 13.3. The predicted octanol–water partition coefficient (Wildman–Crippen LogP) is 2.61. The van der Waals surface area contributed by atoms with Gasteiger partial charge in [-0.05, 0) is 19.3 Å². The summed E-state index contributed by atoms with van der Waals surface area (Å²) in [6, 6.07) is 0. The van der Waals surface area contributed by atoms with E-state index in [0.29, 0.717) is 23.0 Å². The van der Waals surface area contributed by atoms with Crippen molar-refractivity contribution in [3.8, 4) is 0 Å². The van der Waals surface area contributed by atoms with Gasteiger partial charge in [0.1, 0.15) is 6.54 Å². The lowest BCUT2D eigenvalue weighted by Gasteiger charge is -2.22. The van der Waals surface area contributed by atoms with E-state index < -0.39 is 22.7 Å². The van der Waals surface area contributed by atoms with Crippen molar-refractivity contribution < 1.29 is 21.6 Å². The van der Waals surface area contributed by atoms with Crippen molar-refractivity contribution in [1.29, 1.82) is 0 Å². The maximum Gasteiger partial charge on any atom is 0.402 e. The zero-order chi connectivity index (χ0) is 13.5. The molecule has 104 valence electrons. The van der Waals surface area contributed by atoms with Crippen LogP contribution >= 0.6 is 11.6 Å². The summed E-state index contributed by atoms with van der Waals surface area (Å²) in [4.78, 5) is 0. The van der Waals surface area contributed by atoms with Crippen LogP contribution < -0.4 is 0 Å². The highest BCUT2D eigenvalue weighted by atomic mass is 35.5. The van der Waals surface area contributed by atoms with Gasteiger partial charge < -0.3 is 0 Å². The molecule has 0 saturated carbocycles. The smallest absolute Gasteiger partial charge is 0.212 e. The van der Waals surface area contributed by atoms with Gasteiger partial charge in [0.15, 0.2) is 0 Å². The van der Waals surface area contributed by atoms with Crippen LogP contribution in [0, 0.1) is 0 Å². The minimum Gasteiger partial charge on any atom is -0.212 e. The third kappa shape index (κ3) is 7.83. The molecular formula is C9H17ClF3NO2S. The van der Waals surface area contributed by atoms with Crippen molar-refractivity contribution in [3.05, 3.63) is 0 Å². The van der Waals surface area contributed by atoms with Crippen molar-refractivity contribution in [2.24, 2.45) is 0 Å². The summed E-state index contributed by atoms with van der Waals surface area (Å²) in [5.74, 6) is 0.0262. The Hall–Kier alpha value is -0.0100. The first-order valence-corrected chi connectivity index (χ1v) is 7.48. The van der Waals surface area contributed by atoms with E-state index in [0.717, 1.165) is 0 Å². The van der Waals surface area contributed by atoms with Crippen LogP contribution in [0.15, 0.2) is 0 Å². The van der Waals surface area contributed by atoms with Gasteiger partial charge in [-0.2, -0.15) is 17.5 Å². The van der Waals surface area contributed by atoms with Gasteiger partial charge in [0.05, 0.1) is 5.75 Å². The van der Waals surface area contributed by atoms with Gasteiger partial charge in [0, 0.05) is 12.4 Å². The molecule has 0 rings (SSSR count). The lowest BCUT2D eigenvalue weighted by Crippen LogP contribution is -2.40. The van der Waals surface area contributed by atoms with E-state index >= 15 is 0 Å². The van der Waals surface area contributed by atoms with Gasteiger partial charge >= 0.3 is 6.18 Å². The van der Waals surface area contributed by atoms with Crippen LogP contribution in [0.5, 0.6) is 0 Å². The Balaban J connectivity index is 4.56. The summed E-state index contributed by atoms with van der Waals surface area (Å²) in [6.45, 7) is 0.115. The number of nitrogens with zero attached hydrogens (tertiary/aromatic N) is 1. The molecule has 0 bridgehead atoms. The van der Waals surface area contributed by atoms with E-state index in [9.17, 15) is 21.6 Å². The molecule has 0 saturated heterocycles. The van der Waals surface area contributed by atoms with Crippen LogP contribution in [-0.2, 0) is 10.0 Å². The summed E-state index contributed by atoms with van der Waals surface area (Å²) < 4.78 is 60.5. The Morgan fingerprint density at radius 1 is 1.24 bits per heavy atom. The van der Waals surface area contributed by atoms with Gasteiger partial charge in [-0.1, -0.05) is 6.92 Å². The Morgan fingerprint density at radius 3 is 2.24 bits per heavy atom. The molecule has 0 amide bonds. The molecule has 0 N–H and O–H groups in total. The summed E-state index contributed by atoms with van der Waals surface area (Å²) in [5, 5.41) is 0. The van der Waals surface area contributed by atoms with Crippen LogP contribution in [-0.4, -0.2) is 43.6 Å². The zero-order valence-corrected chi connectivity index (χ0v) is 11.2. The molecule has 0 aromatic heterocycles. The van der Waals surface area contributed by atoms with Crippen molar-refractivity contribution in [3.63, 3.8) is 0 Å². The topological polar surface area (TPSA) is 37.4 Å².